The highest BCUT2D eigenvalue weighted by molar-refractivity contribution is 5.97. The van der Waals surface area contributed by atoms with Crippen molar-refractivity contribution in [2.75, 3.05) is 14.2 Å². The van der Waals surface area contributed by atoms with Crippen LogP contribution in [-0.4, -0.2) is 43.3 Å². The van der Waals surface area contributed by atoms with Crippen molar-refractivity contribution < 1.29 is 28.9 Å². The third kappa shape index (κ3) is 6.45. The number of aliphatic hydroxyl groups is 1. The van der Waals surface area contributed by atoms with E-state index in [0.717, 1.165) is 32.1 Å². The summed E-state index contributed by atoms with van der Waals surface area (Å²) >= 11 is 0. The normalized spacial score (nSPS) is 30.4. The van der Waals surface area contributed by atoms with Gasteiger partial charge in [-0.3, -0.25) is 9.59 Å². The number of carbonyl (C=O) groups excluding carboxylic acids is 2. The molecule has 1 aliphatic heterocycles. The molecule has 2 rings (SSSR count). The molecule has 6 nitrogen and oxygen atoms in total. The predicted molar refractivity (Wildman–Crippen MR) is 119 cm³/mol. The summed E-state index contributed by atoms with van der Waals surface area (Å²) in [5.74, 6) is -0.420. The second kappa shape index (κ2) is 11.5. The highest BCUT2D eigenvalue weighted by Gasteiger charge is 2.42. The number of cyclic esters (lactones) is 1. The molecule has 0 amide bonds. The summed E-state index contributed by atoms with van der Waals surface area (Å²) in [5, 5.41) is 10.7. The molecule has 174 valence electrons. The van der Waals surface area contributed by atoms with Crippen LogP contribution in [0.5, 0.6) is 0 Å². The number of hydrogen-bond donors (Lipinski definition) is 1. The average Bonchev–Trinajstić information content (AvgIpc) is 2.73. The number of methoxy groups -OCH3 is 2. The lowest BCUT2D eigenvalue weighted by Gasteiger charge is -2.33. The molecule has 31 heavy (non-hydrogen) atoms. The Balaban J connectivity index is 1.87. The van der Waals surface area contributed by atoms with Crippen LogP contribution in [0.15, 0.2) is 34.8 Å². The summed E-state index contributed by atoms with van der Waals surface area (Å²) in [6.45, 7) is 7.91. The Morgan fingerprint density at radius 1 is 1.10 bits per heavy atom. The zero-order valence-corrected chi connectivity index (χ0v) is 19.8. The molecule has 0 aromatic rings. The maximum absolute atomic E-state index is 12.5. The molecule has 1 fully saturated rings. The summed E-state index contributed by atoms with van der Waals surface area (Å²) in [6, 6.07) is 0. The fourth-order valence-corrected chi connectivity index (χ4v) is 4.34. The SMILES string of the molecule is COC1=C(OC)C(O)C(C/C=C(\C)CC/C=C(\C)CC2CCC(C)C(=O)O2)C(C)C1=O. The quantitative estimate of drug-likeness (QED) is 0.426. The third-order valence-corrected chi connectivity index (χ3v) is 6.53. The van der Waals surface area contributed by atoms with Gasteiger partial charge in [0.2, 0.25) is 11.5 Å². The zero-order chi connectivity index (χ0) is 23.1. The van der Waals surface area contributed by atoms with Crippen LogP contribution < -0.4 is 0 Å². The Morgan fingerprint density at radius 3 is 2.42 bits per heavy atom. The van der Waals surface area contributed by atoms with E-state index in [4.69, 9.17) is 14.2 Å². The van der Waals surface area contributed by atoms with Crippen LogP contribution in [0.2, 0.25) is 0 Å². The highest BCUT2D eigenvalue weighted by Crippen LogP contribution is 2.35. The molecule has 0 bridgehead atoms. The van der Waals surface area contributed by atoms with Crippen molar-refractivity contribution in [3.8, 4) is 0 Å². The number of ketones is 1. The summed E-state index contributed by atoms with van der Waals surface area (Å²) in [4.78, 5) is 24.3. The van der Waals surface area contributed by atoms with Crippen LogP contribution in [-0.2, 0) is 23.8 Å². The van der Waals surface area contributed by atoms with E-state index in [2.05, 4.69) is 26.0 Å². The Bertz CT molecular complexity index is 747. The Hall–Kier alpha value is -2.08. The summed E-state index contributed by atoms with van der Waals surface area (Å²) in [7, 11) is 2.87. The molecule has 0 aromatic carbocycles. The molecule has 1 saturated heterocycles. The van der Waals surface area contributed by atoms with Gasteiger partial charge in [0.05, 0.1) is 20.1 Å². The Kier molecular flexibility index (Phi) is 9.35. The van der Waals surface area contributed by atoms with Crippen LogP contribution in [0, 0.1) is 17.8 Å². The van der Waals surface area contributed by atoms with E-state index < -0.39 is 6.10 Å². The number of carbonyl (C=O) groups is 2. The van der Waals surface area contributed by atoms with Gasteiger partial charge in [-0.25, -0.2) is 0 Å². The molecular weight excluding hydrogens is 396 g/mol. The van der Waals surface area contributed by atoms with Crippen molar-refractivity contribution in [2.24, 2.45) is 17.8 Å². The lowest BCUT2D eigenvalue weighted by molar-refractivity contribution is -0.159. The van der Waals surface area contributed by atoms with Gasteiger partial charge in [0.1, 0.15) is 12.2 Å². The van der Waals surface area contributed by atoms with Crippen molar-refractivity contribution in [1.82, 2.24) is 0 Å². The van der Waals surface area contributed by atoms with E-state index in [1.807, 2.05) is 13.8 Å². The van der Waals surface area contributed by atoms with Gasteiger partial charge in [0, 0.05) is 18.3 Å². The molecule has 0 saturated carbocycles. The second-order valence-corrected chi connectivity index (χ2v) is 8.98. The summed E-state index contributed by atoms with van der Waals surface area (Å²) in [6.07, 6.45) is 8.50. The van der Waals surface area contributed by atoms with Gasteiger partial charge in [-0.2, -0.15) is 0 Å². The van der Waals surface area contributed by atoms with Gasteiger partial charge in [0.25, 0.3) is 0 Å². The standard InChI is InChI=1S/C25H38O6/c1-15(8-7-9-16(2)14-19-12-11-17(3)25(28)31-19)10-13-20-18(4)21(26)23(29-5)24(30-6)22(20)27/h9-10,17-20,22,27H,7-8,11-14H2,1-6H3/b15-10+,16-9+. The zero-order valence-electron chi connectivity index (χ0n) is 19.8. The summed E-state index contributed by atoms with van der Waals surface area (Å²) in [5.41, 5.74) is 2.46. The number of esters is 1. The number of rotatable bonds is 9. The van der Waals surface area contributed by atoms with Crippen molar-refractivity contribution in [1.29, 1.82) is 0 Å². The highest BCUT2D eigenvalue weighted by atomic mass is 16.5. The third-order valence-electron chi connectivity index (χ3n) is 6.53. The second-order valence-electron chi connectivity index (χ2n) is 8.98. The minimum Gasteiger partial charge on any atom is -0.494 e. The molecule has 2 aliphatic rings. The lowest BCUT2D eigenvalue weighted by Crippen LogP contribution is -2.40. The predicted octanol–water partition coefficient (Wildman–Crippen LogP) is 4.48. The minimum atomic E-state index is -0.861. The van der Waals surface area contributed by atoms with E-state index in [1.54, 1.807) is 0 Å². The minimum absolute atomic E-state index is 0.00318. The Labute approximate surface area is 186 Å². The van der Waals surface area contributed by atoms with Gasteiger partial charge in [-0.15, -0.1) is 0 Å². The smallest absolute Gasteiger partial charge is 0.308 e. The first-order chi connectivity index (χ1) is 14.7. The van der Waals surface area contributed by atoms with Gasteiger partial charge < -0.3 is 19.3 Å². The van der Waals surface area contributed by atoms with E-state index in [9.17, 15) is 14.7 Å². The first-order valence-electron chi connectivity index (χ1n) is 11.3. The van der Waals surface area contributed by atoms with Crippen LogP contribution >= 0.6 is 0 Å². The Morgan fingerprint density at radius 2 is 1.81 bits per heavy atom. The molecular formula is C25H38O6. The number of hydrogen-bond acceptors (Lipinski definition) is 6. The topological polar surface area (TPSA) is 82.1 Å². The molecule has 5 atom stereocenters. The molecule has 0 aromatic heterocycles. The monoisotopic (exact) mass is 434 g/mol. The van der Waals surface area contributed by atoms with E-state index in [1.165, 1.54) is 25.4 Å². The van der Waals surface area contributed by atoms with Crippen LogP contribution in [0.3, 0.4) is 0 Å². The molecule has 1 N–H and O–H groups in total. The fourth-order valence-electron chi connectivity index (χ4n) is 4.34. The van der Waals surface area contributed by atoms with Crippen LogP contribution in [0.25, 0.3) is 0 Å². The van der Waals surface area contributed by atoms with E-state index in [0.29, 0.717) is 6.42 Å². The van der Waals surface area contributed by atoms with Gasteiger partial charge in [0.15, 0.2) is 5.76 Å². The molecule has 0 spiro atoms. The molecule has 6 heteroatoms. The molecule has 1 heterocycles. The first kappa shape index (κ1) is 25.2. The van der Waals surface area contributed by atoms with Gasteiger partial charge in [-0.05, 0) is 46.0 Å². The molecule has 5 unspecified atom stereocenters. The van der Waals surface area contributed by atoms with E-state index >= 15 is 0 Å². The van der Waals surface area contributed by atoms with Crippen molar-refractivity contribution >= 4 is 11.8 Å². The molecule has 1 aliphatic carbocycles. The summed E-state index contributed by atoms with van der Waals surface area (Å²) < 4.78 is 15.9. The van der Waals surface area contributed by atoms with Crippen LogP contribution in [0.1, 0.15) is 66.2 Å². The van der Waals surface area contributed by atoms with Crippen LogP contribution in [0.4, 0.5) is 0 Å². The van der Waals surface area contributed by atoms with Gasteiger partial charge in [-0.1, -0.05) is 37.1 Å². The average molecular weight is 435 g/mol. The molecule has 0 radical (unpaired) electrons. The maximum atomic E-state index is 12.5. The maximum Gasteiger partial charge on any atom is 0.308 e. The van der Waals surface area contributed by atoms with Crippen molar-refractivity contribution in [3.05, 3.63) is 34.8 Å². The van der Waals surface area contributed by atoms with Gasteiger partial charge >= 0.3 is 5.97 Å². The fraction of sp³-hybridized carbons (Fsp3) is 0.680. The lowest BCUT2D eigenvalue weighted by atomic mass is 9.77. The van der Waals surface area contributed by atoms with Crippen molar-refractivity contribution in [3.63, 3.8) is 0 Å². The van der Waals surface area contributed by atoms with E-state index in [-0.39, 0.29) is 47.1 Å². The number of aliphatic hydroxyl groups excluding tert-OH is 1. The van der Waals surface area contributed by atoms with Crippen molar-refractivity contribution in [2.45, 2.75) is 78.4 Å². The first-order valence-corrected chi connectivity index (χ1v) is 11.3. The number of allylic oxidation sites excluding steroid dienone is 4. The number of ether oxygens (including phenoxy) is 3. The largest absolute Gasteiger partial charge is 0.494 e. The number of Topliss-reactive ketones (excluding diaryl/α,β-unsaturated/α-hetero) is 1.